The quantitative estimate of drug-likeness (QED) is 0.259. The fourth-order valence-corrected chi connectivity index (χ4v) is 5.96. The molecular weight excluding hydrogens is 356 g/mol. The van der Waals surface area contributed by atoms with E-state index in [0.717, 1.165) is 0 Å². The zero-order valence-electron chi connectivity index (χ0n) is 15.8. The summed E-state index contributed by atoms with van der Waals surface area (Å²) in [6.07, 6.45) is 7.00. The molecular formula is C27H20S. The van der Waals surface area contributed by atoms with Crippen LogP contribution in [-0.4, -0.2) is 0 Å². The van der Waals surface area contributed by atoms with Crippen LogP contribution in [0.3, 0.4) is 0 Å². The van der Waals surface area contributed by atoms with Crippen LogP contribution in [0.25, 0.3) is 48.8 Å². The lowest BCUT2D eigenvalue weighted by Crippen LogP contribution is -1.92. The minimum atomic E-state index is 1.17. The van der Waals surface area contributed by atoms with Crippen molar-refractivity contribution in [1.82, 2.24) is 0 Å². The summed E-state index contributed by atoms with van der Waals surface area (Å²) in [6.45, 7) is 2.27. The Morgan fingerprint density at radius 3 is 2.00 bits per heavy atom. The standard InChI is InChI=1S/C27H20S/c1-17-19-8-2-7-13-25(19)27(28-17)18-14-15-24-22-11-4-3-9-20(22)21-10-5-6-12-23(21)26(24)16-18/h3-7,9-16H,2,8H2,1H3. The van der Waals surface area contributed by atoms with E-state index in [9.17, 15) is 0 Å². The fourth-order valence-electron chi connectivity index (χ4n) is 4.78. The molecule has 0 saturated heterocycles. The number of thiophene rings is 1. The minimum absolute atomic E-state index is 1.17. The molecule has 0 spiro atoms. The second-order valence-electron chi connectivity index (χ2n) is 7.67. The first-order chi connectivity index (χ1) is 13.8. The molecule has 0 saturated carbocycles. The van der Waals surface area contributed by atoms with Gasteiger partial charge in [-0.1, -0.05) is 72.8 Å². The average Bonchev–Trinajstić information content (AvgIpc) is 3.10. The number of aryl methyl sites for hydroxylation is 1. The van der Waals surface area contributed by atoms with Gasteiger partial charge in [0.25, 0.3) is 0 Å². The molecule has 0 atom stereocenters. The zero-order valence-corrected chi connectivity index (χ0v) is 16.6. The van der Waals surface area contributed by atoms with Gasteiger partial charge in [-0.3, -0.25) is 0 Å². The molecule has 28 heavy (non-hydrogen) atoms. The molecule has 0 unspecified atom stereocenters. The van der Waals surface area contributed by atoms with Crippen LogP contribution in [0, 0.1) is 6.92 Å². The highest BCUT2D eigenvalue weighted by molar-refractivity contribution is 7.16. The molecule has 0 fully saturated rings. The Hall–Kier alpha value is -2.90. The van der Waals surface area contributed by atoms with Crippen molar-refractivity contribution in [2.45, 2.75) is 19.8 Å². The Bertz CT molecular complexity index is 1380. The molecule has 4 aromatic carbocycles. The van der Waals surface area contributed by atoms with E-state index in [4.69, 9.17) is 0 Å². The Labute approximate surface area is 168 Å². The van der Waals surface area contributed by atoms with Gasteiger partial charge in [-0.2, -0.15) is 0 Å². The molecule has 5 aromatic rings. The summed E-state index contributed by atoms with van der Waals surface area (Å²) in [4.78, 5) is 2.89. The van der Waals surface area contributed by atoms with Gasteiger partial charge in [0.15, 0.2) is 0 Å². The predicted octanol–water partition coefficient (Wildman–Crippen LogP) is 8.14. The second kappa shape index (κ2) is 6.05. The lowest BCUT2D eigenvalue weighted by atomic mass is 9.91. The van der Waals surface area contributed by atoms with Gasteiger partial charge in [0, 0.05) is 9.75 Å². The average molecular weight is 377 g/mol. The summed E-state index contributed by atoms with van der Waals surface area (Å²) in [5.74, 6) is 0. The monoisotopic (exact) mass is 376 g/mol. The van der Waals surface area contributed by atoms with Gasteiger partial charge in [-0.25, -0.2) is 0 Å². The molecule has 1 heteroatoms. The van der Waals surface area contributed by atoms with Crippen molar-refractivity contribution in [2.75, 3.05) is 0 Å². The number of benzene rings is 4. The van der Waals surface area contributed by atoms with Gasteiger partial charge in [0.2, 0.25) is 0 Å². The van der Waals surface area contributed by atoms with Crippen molar-refractivity contribution in [2.24, 2.45) is 0 Å². The van der Waals surface area contributed by atoms with Crippen LogP contribution in [0.15, 0.2) is 72.8 Å². The van der Waals surface area contributed by atoms with Crippen LogP contribution in [-0.2, 0) is 6.42 Å². The molecule has 0 nitrogen and oxygen atoms in total. The largest absolute Gasteiger partial charge is 0.140 e. The van der Waals surface area contributed by atoms with Crippen molar-refractivity contribution in [3.05, 3.63) is 88.8 Å². The Morgan fingerprint density at radius 1 is 0.714 bits per heavy atom. The van der Waals surface area contributed by atoms with E-state index >= 15 is 0 Å². The minimum Gasteiger partial charge on any atom is -0.140 e. The third-order valence-electron chi connectivity index (χ3n) is 6.10. The molecule has 0 N–H and O–H groups in total. The maximum atomic E-state index is 2.41. The van der Waals surface area contributed by atoms with Crippen molar-refractivity contribution >= 4 is 49.7 Å². The van der Waals surface area contributed by atoms with Gasteiger partial charge in [0.1, 0.15) is 0 Å². The Balaban J connectivity index is 1.72. The number of hydrogen-bond donors (Lipinski definition) is 0. The summed E-state index contributed by atoms with van der Waals surface area (Å²) in [5.41, 5.74) is 4.33. The van der Waals surface area contributed by atoms with Crippen LogP contribution < -0.4 is 0 Å². The first-order valence-corrected chi connectivity index (χ1v) is 10.8. The Kier molecular flexibility index (Phi) is 3.48. The van der Waals surface area contributed by atoms with Crippen molar-refractivity contribution in [3.8, 4) is 10.4 Å². The maximum Gasteiger partial charge on any atom is 0.0420 e. The van der Waals surface area contributed by atoms with Crippen molar-refractivity contribution in [1.29, 1.82) is 0 Å². The topological polar surface area (TPSA) is 0 Å². The number of rotatable bonds is 1. The normalized spacial score (nSPS) is 13.5. The second-order valence-corrected chi connectivity index (χ2v) is 8.90. The van der Waals surface area contributed by atoms with E-state index in [1.54, 1.807) is 5.56 Å². The van der Waals surface area contributed by atoms with Crippen molar-refractivity contribution in [3.63, 3.8) is 0 Å². The molecule has 134 valence electrons. The molecule has 0 amide bonds. The third kappa shape index (κ3) is 2.23. The van der Waals surface area contributed by atoms with Gasteiger partial charge in [-0.15, -0.1) is 11.3 Å². The first kappa shape index (κ1) is 16.1. The van der Waals surface area contributed by atoms with E-state index in [2.05, 4.69) is 85.8 Å². The lowest BCUT2D eigenvalue weighted by molar-refractivity contribution is 0.984. The van der Waals surface area contributed by atoms with Gasteiger partial charge < -0.3 is 0 Å². The number of allylic oxidation sites excluding steroid dienone is 1. The molecule has 0 aliphatic heterocycles. The molecule has 0 radical (unpaired) electrons. The molecule has 6 rings (SSSR count). The molecule has 0 bridgehead atoms. The van der Waals surface area contributed by atoms with E-state index in [1.807, 2.05) is 11.3 Å². The molecule has 1 aliphatic carbocycles. The van der Waals surface area contributed by atoms with E-state index in [1.165, 1.54) is 66.0 Å². The smallest absolute Gasteiger partial charge is 0.0420 e. The Morgan fingerprint density at radius 2 is 1.32 bits per heavy atom. The SMILES string of the molecule is Cc1sc(-c2ccc3c4ccccc4c4ccccc4c3c2)c2c1CCC=C2. The summed E-state index contributed by atoms with van der Waals surface area (Å²) >= 11 is 1.95. The molecule has 1 aromatic heterocycles. The number of hydrogen-bond acceptors (Lipinski definition) is 1. The van der Waals surface area contributed by atoms with Crippen LogP contribution in [0.2, 0.25) is 0 Å². The van der Waals surface area contributed by atoms with E-state index in [0.29, 0.717) is 0 Å². The van der Waals surface area contributed by atoms with Crippen LogP contribution in [0.5, 0.6) is 0 Å². The lowest BCUT2D eigenvalue weighted by Gasteiger charge is -2.12. The van der Waals surface area contributed by atoms with Crippen LogP contribution in [0.1, 0.15) is 22.4 Å². The summed E-state index contributed by atoms with van der Waals surface area (Å²) in [6, 6.07) is 24.7. The van der Waals surface area contributed by atoms with Crippen molar-refractivity contribution < 1.29 is 0 Å². The van der Waals surface area contributed by atoms with Gasteiger partial charge in [0.05, 0.1) is 0 Å². The summed E-state index contributed by atoms with van der Waals surface area (Å²) in [7, 11) is 0. The van der Waals surface area contributed by atoms with Crippen LogP contribution >= 0.6 is 11.3 Å². The van der Waals surface area contributed by atoms with E-state index < -0.39 is 0 Å². The zero-order chi connectivity index (χ0) is 18.7. The highest BCUT2D eigenvalue weighted by Gasteiger charge is 2.18. The first-order valence-electron chi connectivity index (χ1n) is 9.93. The molecule has 1 aliphatic rings. The predicted molar refractivity (Wildman–Crippen MR) is 124 cm³/mol. The van der Waals surface area contributed by atoms with E-state index in [-0.39, 0.29) is 0 Å². The highest BCUT2D eigenvalue weighted by Crippen LogP contribution is 2.42. The summed E-state index contributed by atoms with van der Waals surface area (Å²) < 4.78 is 0. The van der Waals surface area contributed by atoms with Gasteiger partial charge >= 0.3 is 0 Å². The maximum absolute atomic E-state index is 2.41. The third-order valence-corrected chi connectivity index (χ3v) is 7.31. The number of fused-ring (bicyclic) bond motifs is 7. The summed E-state index contributed by atoms with van der Waals surface area (Å²) in [5, 5.41) is 8.06. The van der Waals surface area contributed by atoms with Crippen LogP contribution in [0.4, 0.5) is 0 Å². The van der Waals surface area contributed by atoms with Gasteiger partial charge in [-0.05, 0) is 74.8 Å². The fraction of sp³-hybridized carbons (Fsp3) is 0.111. The highest BCUT2D eigenvalue weighted by atomic mass is 32.1. The molecule has 1 heterocycles.